The SMILES string of the molecule is CC[C@@H](C)CCCI. The molecule has 8 heavy (non-hydrogen) atoms. The molecular formula is C7H15I. The highest BCUT2D eigenvalue weighted by atomic mass is 127. The van der Waals surface area contributed by atoms with E-state index in [2.05, 4.69) is 36.4 Å². The Hall–Kier alpha value is 0.730. The number of rotatable bonds is 4. The van der Waals surface area contributed by atoms with Crippen molar-refractivity contribution in [3.8, 4) is 0 Å². The maximum atomic E-state index is 2.44. The van der Waals surface area contributed by atoms with Crippen LogP contribution in [-0.4, -0.2) is 4.43 Å². The summed E-state index contributed by atoms with van der Waals surface area (Å²) in [4.78, 5) is 0. The molecule has 1 heteroatoms. The van der Waals surface area contributed by atoms with E-state index in [1.165, 1.54) is 23.7 Å². The van der Waals surface area contributed by atoms with Crippen LogP contribution < -0.4 is 0 Å². The quantitative estimate of drug-likeness (QED) is 0.509. The van der Waals surface area contributed by atoms with E-state index in [0.29, 0.717) is 0 Å². The summed E-state index contributed by atoms with van der Waals surface area (Å²) in [6.07, 6.45) is 4.16. The molecule has 0 aliphatic heterocycles. The molecule has 0 radical (unpaired) electrons. The van der Waals surface area contributed by atoms with Crippen molar-refractivity contribution in [3.05, 3.63) is 0 Å². The zero-order chi connectivity index (χ0) is 6.41. The fourth-order valence-corrected chi connectivity index (χ4v) is 1.07. The monoisotopic (exact) mass is 226 g/mol. The zero-order valence-corrected chi connectivity index (χ0v) is 7.94. The molecular weight excluding hydrogens is 211 g/mol. The molecule has 0 aromatic rings. The third-order valence-corrected chi connectivity index (χ3v) is 2.29. The first-order valence-corrected chi connectivity index (χ1v) is 4.89. The third kappa shape index (κ3) is 4.88. The Balaban J connectivity index is 2.86. The maximum Gasteiger partial charge on any atom is -0.000463 e. The Labute approximate surface area is 66.2 Å². The second kappa shape index (κ2) is 5.86. The first-order valence-electron chi connectivity index (χ1n) is 3.37. The van der Waals surface area contributed by atoms with Gasteiger partial charge in [0, 0.05) is 0 Å². The molecule has 0 bridgehead atoms. The van der Waals surface area contributed by atoms with Gasteiger partial charge in [-0.15, -0.1) is 0 Å². The van der Waals surface area contributed by atoms with Crippen LogP contribution in [0.4, 0.5) is 0 Å². The van der Waals surface area contributed by atoms with Gasteiger partial charge in [-0.25, -0.2) is 0 Å². The lowest BCUT2D eigenvalue weighted by molar-refractivity contribution is 0.513. The van der Waals surface area contributed by atoms with E-state index in [1.807, 2.05) is 0 Å². The van der Waals surface area contributed by atoms with E-state index in [0.717, 1.165) is 5.92 Å². The summed E-state index contributed by atoms with van der Waals surface area (Å²) in [5.74, 6) is 0.949. The summed E-state index contributed by atoms with van der Waals surface area (Å²) in [5, 5.41) is 0. The van der Waals surface area contributed by atoms with Crippen LogP contribution in [0.25, 0.3) is 0 Å². The summed E-state index contributed by atoms with van der Waals surface area (Å²) < 4.78 is 1.32. The van der Waals surface area contributed by atoms with Gasteiger partial charge < -0.3 is 0 Å². The molecule has 0 fully saturated rings. The van der Waals surface area contributed by atoms with Crippen LogP contribution in [0, 0.1) is 5.92 Å². The van der Waals surface area contributed by atoms with Gasteiger partial charge in [-0.2, -0.15) is 0 Å². The average Bonchev–Trinajstić information content (AvgIpc) is 1.83. The molecule has 0 saturated carbocycles. The van der Waals surface area contributed by atoms with Crippen LogP contribution in [0.2, 0.25) is 0 Å². The van der Waals surface area contributed by atoms with E-state index in [9.17, 15) is 0 Å². The number of halogens is 1. The first-order chi connectivity index (χ1) is 3.81. The van der Waals surface area contributed by atoms with Crippen LogP contribution in [0.3, 0.4) is 0 Å². The normalized spacial score (nSPS) is 13.9. The van der Waals surface area contributed by atoms with Gasteiger partial charge in [0.15, 0.2) is 0 Å². The Morgan fingerprint density at radius 1 is 1.50 bits per heavy atom. The second-order valence-electron chi connectivity index (χ2n) is 2.34. The molecule has 0 aromatic carbocycles. The zero-order valence-electron chi connectivity index (χ0n) is 5.78. The fraction of sp³-hybridized carbons (Fsp3) is 1.00. The van der Waals surface area contributed by atoms with E-state index in [1.54, 1.807) is 0 Å². The lowest BCUT2D eigenvalue weighted by Gasteiger charge is -2.04. The Morgan fingerprint density at radius 2 is 2.12 bits per heavy atom. The van der Waals surface area contributed by atoms with Crippen molar-refractivity contribution in [1.29, 1.82) is 0 Å². The lowest BCUT2D eigenvalue weighted by Crippen LogP contribution is -1.91. The molecule has 0 saturated heterocycles. The predicted octanol–water partition coefficient (Wildman–Crippen LogP) is 3.25. The first kappa shape index (κ1) is 8.73. The number of alkyl halides is 1. The van der Waals surface area contributed by atoms with Gasteiger partial charge in [0.25, 0.3) is 0 Å². The van der Waals surface area contributed by atoms with Crippen molar-refractivity contribution >= 4 is 22.6 Å². The molecule has 0 aliphatic carbocycles. The molecule has 0 heterocycles. The van der Waals surface area contributed by atoms with Crippen LogP contribution in [-0.2, 0) is 0 Å². The van der Waals surface area contributed by atoms with Crippen LogP contribution in [0.5, 0.6) is 0 Å². The van der Waals surface area contributed by atoms with Crippen LogP contribution in [0.15, 0.2) is 0 Å². The van der Waals surface area contributed by atoms with Gasteiger partial charge in [0.1, 0.15) is 0 Å². The Kier molecular flexibility index (Phi) is 6.39. The lowest BCUT2D eigenvalue weighted by atomic mass is 10.0. The fourth-order valence-electron chi connectivity index (χ4n) is 0.630. The minimum absolute atomic E-state index is 0.949. The molecule has 0 N–H and O–H groups in total. The van der Waals surface area contributed by atoms with Crippen molar-refractivity contribution in [2.75, 3.05) is 4.43 Å². The van der Waals surface area contributed by atoms with Gasteiger partial charge in [0.05, 0.1) is 0 Å². The molecule has 0 amide bonds. The second-order valence-corrected chi connectivity index (χ2v) is 3.42. The number of hydrogen-bond donors (Lipinski definition) is 0. The highest BCUT2D eigenvalue weighted by Gasteiger charge is 1.95. The minimum Gasteiger partial charge on any atom is -0.0864 e. The van der Waals surface area contributed by atoms with E-state index in [-0.39, 0.29) is 0 Å². The molecule has 0 aliphatic rings. The molecule has 0 spiro atoms. The number of hydrogen-bond acceptors (Lipinski definition) is 0. The van der Waals surface area contributed by atoms with Crippen LogP contribution in [0.1, 0.15) is 33.1 Å². The van der Waals surface area contributed by atoms with E-state index >= 15 is 0 Å². The summed E-state index contributed by atoms with van der Waals surface area (Å²) in [5.41, 5.74) is 0. The molecule has 0 unspecified atom stereocenters. The summed E-state index contributed by atoms with van der Waals surface area (Å²) in [7, 11) is 0. The molecule has 0 rings (SSSR count). The standard InChI is InChI=1S/C7H15I/c1-3-7(2)5-4-6-8/h7H,3-6H2,1-2H3/t7-/m1/s1. The minimum atomic E-state index is 0.949. The largest absolute Gasteiger partial charge is 0.0864 e. The maximum absolute atomic E-state index is 2.44. The van der Waals surface area contributed by atoms with Crippen molar-refractivity contribution in [1.82, 2.24) is 0 Å². The molecule has 0 nitrogen and oxygen atoms in total. The molecule has 50 valence electrons. The van der Waals surface area contributed by atoms with Gasteiger partial charge in [-0.1, -0.05) is 42.9 Å². The van der Waals surface area contributed by atoms with Crippen molar-refractivity contribution in [2.45, 2.75) is 33.1 Å². The van der Waals surface area contributed by atoms with E-state index < -0.39 is 0 Å². The van der Waals surface area contributed by atoms with Crippen molar-refractivity contribution < 1.29 is 0 Å². The molecule has 1 atom stereocenters. The highest BCUT2D eigenvalue weighted by molar-refractivity contribution is 14.1. The van der Waals surface area contributed by atoms with Crippen molar-refractivity contribution in [3.63, 3.8) is 0 Å². The predicted molar refractivity (Wildman–Crippen MR) is 47.6 cm³/mol. The summed E-state index contributed by atoms with van der Waals surface area (Å²) >= 11 is 2.44. The topological polar surface area (TPSA) is 0 Å². The Morgan fingerprint density at radius 3 is 2.50 bits per heavy atom. The summed E-state index contributed by atoms with van der Waals surface area (Å²) in [6.45, 7) is 4.59. The van der Waals surface area contributed by atoms with Gasteiger partial charge >= 0.3 is 0 Å². The Bertz CT molecular complexity index is 43.7. The summed E-state index contributed by atoms with van der Waals surface area (Å²) in [6, 6.07) is 0. The van der Waals surface area contributed by atoms with E-state index in [4.69, 9.17) is 0 Å². The average molecular weight is 226 g/mol. The van der Waals surface area contributed by atoms with Gasteiger partial charge in [0.2, 0.25) is 0 Å². The van der Waals surface area contributed by atoms with Crippen LogP contribution >= 0.6 is 22.6 Å². The van der Waals surface area contributed by atoms with Gasteiger partial charge in [-0.3, -0.25) is 0 Å². The third-order valence-electron chi connectivity index (χ3n) is 1.53. The van der Waals surface area contributed by atoms with Gasteiger partial charge in [-0.05, 0) is 23.2 Å². The highest BCUT2D eigenvalue weighted by Crippen LogP contribution is 2.09. The molecule has 0 aromatic heterocycles. The van der Waals surface area contributed by atoms with Crippen molar-refractivity contribution in [2.24, 2.45) is 5.92 Å². The smallest absolute Gasteiger partial charge is 0.000463 e.